The molecule has 0 heterocycles. The van der Waals surface area contributed by atoms with Crippen LogP contribution in [0.25, 0.3) is 0 Å². The standard InChI is InChI=1S/C13H15NO2/c1-2-3-8-15-9-10-16-13-7-5-4-6-12(13)11-14/h2,4-7H,1,3,8-10H2. The lowest BCUT2D eigenvalue weighted by atomic mass is 10.2. The van der Waals surface area contributed by atoms with Crippen LogP contribution < -0.4 is 4.74 Å². The van der Waals surface area contributed by atoms with Crippen molar-refractivity contribution in [2.45, 2.75) is 6.42 Å². The van der Waals surface area contributed by atoms with Crippen molar-refractivity contribution in [2.75, 3.05) is 19.8 Å². The normalized spacial score (nSPS) is 9.44. The van der Waals surface area contributed by atoms with Crippen molar-refractivity contribution >= 4 is 0 Å². The molecule has 0 aliphatic rings. The largest absolute Gasteiger partial charge is 0.490 e. The van der Waals surface area contributed by atoms with Crippen LogP contribution in [0, 0.1) is 11.3 Å². The molecule has 0 aliphatic carbocycles. The number of para-hydroxylation sites is 1. The van der Waals surface area contributed by atoms with Gasteiger partial charge >= 0.3 is 0 Å². The molecule has 16 heavy (non-hydrogen) atoms. The number of ether oxygens (including phenoxy) is 2. The van der Waals surface area contributed by atoms with E-state index in [0.29, 0.717) is 31.1 Å². The highest BCUT2D eigenvalue weighted by Crippen LogP contribution is 2.15. The molecule has 1 aromatic rings. The molecular formula is C13H15NO2. The highest BCUT2D eigenvalue weighted by atomic mass is 16.5. The van der Waals surface area contributed by atoms with Crippen LogP contribution in [-0.4, -0.2) is 19.8 Å². The minimum Gasteiger partial charge on any atom is -0.490 e. The molecule has 0 atom stereocenters. The van der Waals surface area contributed by atoms with Gasteiger partial charge in [0.05, 0.1) is 18.8 Å². The van der Waals surface area contributed by atoms with Gasteiger partial charge in [-0.1, -0.05) is 18.2 Å². The first kappa shape index (κ1) is 12.3. The minimum absolute atomic E-state index is 0.454. The van der Waals surface area contributed by atoms with E-state index in [1.54, 1.807) is 12.1 Å². The lowest BCUT2D eigenvalue weighted by Gasteiger charge is -2.07. The fourth-order valence-corrected chi connectivity index (χ4v) is 1.16. The summed E-state index contributed by atoms with van der Waals surface area (Å²) in [5, 5.41) is 8.82. The lowest BCUT2D eigenvalue weighted by Crippen LogP contribution is -2.07. The van der Waals surface area contributed by atoms with Gasteiger partial charge in [0.25, 0.3) is 0 Å². The third kappa shape index (κ3) is 4.16. The average Bonchev–Trinajstić information content (AvgIpc) is 2.34. The molecule has 0 bridgehead atoms. The summed E-state index contributed by atoms with van der Waals surface area (Å²) in [6.45, 7) is 5.24. The topological polar surface area (TPSA) is 42.2 Å². The Bertz CT molecular complexity index is 368. The van der Waals surface area contributed by atoms with Crippen LogP contribution in [-0.2, 0) is 4.74 Å². The molecule has 84 valence electrons. The maximum absolute atomic E-state index is 8.82. The molecule has 0 radical (unpaired) electrons. The average molecular weight is 217 g/mol. The summed E-state index contributed by atoms with van der Waals surface area (Å²) in [6, 6.07) is 9.24. The summed E-state index contributed by atoms with van der Waals surface area (Å²) in [7, 11) is 0. The van der Waals surface area contributed by atoms with Crippen molar-refractivity contribution in [1.82, 2.24) is 0 Å². The molecule has 0 amide bonds. The Morgan fingerprint density at radius 1 is 1.25 bits per heavy atom. The van der Waals surface area contributed by atoms with Crippen molar-refractivity contribution in [3.05, 3.63) is 42.5 Å². The van der Waals surface area contributed by atoms with Crippen LogP contribution in [0.4, 0.5) is 0 Å². The third-order valence-electron chi connectivity index (χ3n) is 1.96. The number of benzene rings is 1. The Balaban J connectivity index is 2.27. The molecule has 1 aromatic carbocycles. The summed E-state index contributed by atoms with van der Waals surface area (Å²) in [5.74, 6) is 0.609. The van der Waals surface area contributed by atoms with Gasteiger partial charge in [0, 0.05) is 0 Å². The van der Waals surface area contributed by atoms with E-state index in [9.17, 15) is 0 Å². The summed E-state index contributed by atoms with van der Waals surface area (Å²) < 4.78 is 10.7. The molecule has 0 aromatic heterocycles. The van der Waals surface area contributed by atoms with Crippen molar-refractivity contribution in [3.63, 3.8) is 0 Å². The monoisotopic (exact) mass is 217 g/mol. The van der Waals surface area contributed by atoms with Crippen LogP contribution in [0.1, 0.15) is 12.0 Å². The molecular weight excluding hydrogens is 202 g/mol. The molecule has 1 rings (SSSR count). The molecule has 0 N–H and O–H groups in total. The second kappa shape index (κ2) is 7.49. The Hall–Kier alpha value is -1.79. The third-order valence-corrected chi connectivity index (χ3v) is 1.96. The Kier molecular flexibility index (Phi) is 5.75. The predicted molar refractivity (Wildman–Crippen MR) is 62.3 cm³/mol. The van der Waals surface area contributed by atoms with E-state index in [1.807, 2.05) is 18.2 Å². The SMILES string of the molecule is C=CCCOCCOc1ccccc1C#N. The Morgan fingerprint density at radius 3 is 2.81 bits per heavy atom. The van der Waals surface area contributed by atoms with Crippen molar-refractivity contribution < 1.29 is 9.47 Å². The molecule has 0 saturated carbocycles. The summed E-state index contributed by atoms with van der Waals surface area (Å²) in [6.07, 6.45) is 2.65. The predicted octanol–water partition coefficient (Wildman–Crippen LogP) is 2.53. The van der Waals surface area contributed by atoms with Crippen LogP contribution >= 0.6 is 0 Å². The Morgan fingerprint density at radius 2 is 2.06 bits per heavy atom. The van der Waals surface area contributed by atoms with Crippen molar-refractivity contribution in [3.8, 4) is 11.8 Å². The van der Waals surface area contributed by atoms with E-state index in [2.05, 4.69) is 12.6 Å². The molecule has 3 heteroatoms. The van der Waals surface area contributed by atoms with Crippen LogP contribution in [0.3, 0.4) is 0 Å². The summed E-state index contributed by atoms with van der Waals surface area (Å²) >= 11 is 0. The first-order chi connectivity index (χ1) is 7.88. The van der Waals surface area contributed by atoms with Gasteiger partial charge in [-0.25, -0.2) is 0 Å². The molecule has 0 aliphatic heterocycles. The zero-order valence-electron chi connectivity index (χ0n) is 9.19. The number of nitrogens with zero attached hydrogens (tertiary/aromatic N) is 1. The highest BCUT2D eigenvalue weighted by Gasteiger charge is 2.00. The molecule has 3 nitrogen and oxygen atoms in total. The van der Waals surface area contributed by atoms with Crippen molar-refractivity contribution in [1.29, 1.82) is 5.26 Å². The quantitative estimate of drug-likeness (QED) is 0.520. The smallest absolute Gasteiger partial charge is 0.137 e. The van der Waals surface area contributed by atoms with Gasteiger partial charge < -0.3 is 9.47 Å². The number of hydrogen-bond donors (Lipinski definition) is 0. The fourth-order valence-electron chi connectivity index (χ4n) is 1.16. The first-order valence-corrected chi connectivity index (χ1v) is 5.19. The Labute approximate surface area is 95.9 Å². The van der Waals surface area contributed by atoms with E-state index < -0.39 is 0 Å². The maximum Gasteiger partial charge on any atom is 0.137 e. The molecule has 0 spiro atoms. The highest BCUT2D eigenvalue weighted by molar-refractivity contribution is 5.42. The van der Waals surface area contributed by atoms with E-state index in [4.69, 9.17) is 14.7 Å². The first-order valence-electron chi connectivity index (χ1n) is 5.19. The zero-order chi connectivity index (χ0) is 11.6. The van der Waals surface area contributed by atoms with Crippen LogP contribution in [0.5, 0.6) is 5.75 Å². The van der Waals surface area contributed by atoms with Gasteiger partial charge in [0.1, 0.15) is 18.4 Å². The van der Waals surface area contributed by atoms with E-state index in [0.717, 1.165) is 6.42 Å². The summed E-state index contributed by atoms with van der Waals surface area (Å²) in [4.78, 5) is 0. The van der Waals surface area contributed by atoms with Crippen LogP contribution in [0.2, 0.25) is 0 Å². The van der Waals surface area contributed by atoms with Gasteiger partial charge in [0.15, 0.2) is 0 Å². The summed E-state index contributed by atoms with van der Waals surface area (Å²) in [5.41, 5.74) is 0.550. The number of hydrogen-bond acceptors (Lipinski definition) is 3. The zero-order valence-corrected chi connectivity index (χ0v) is 9.19. The lowest BCUT2D eigenvalue weighted by molar-refractivity contribution is 0.103. The van der Waals surface area contributed by atoms with Crippen LogP contribution in [0.15, 0.2) is 36.9 Å². The number of rotatable bonds is 7. The second-order valence-corrected chi connectivity index (χ2v) is 3.15. The number of nitriles is 1. The molecule has 0 unspecified atom stereocenters. The van der Waals surface area contributed by atoms with Gasteiger partial charge in [0.2, 0.25) is 0 Å². The van der Waals surface area contributed by atoms with E-state index >= 15 is 0 Å². The second-order valence-electron chi connectivity index (χ2n) is 3.15. The van der Waals surface area contributed by atoms with E-state index in [1.165, 1.54) is 0 Å². The maximum atomic E-state index is 8.82. The fraction of sp³-hybridized carbons (Fsp3) is 0.308. The molecule has 0 fully saturated rings. The molecule has 0 saturated heterocycles. The van der Waals surface area contributed by atoms with Gasteiger partial charge in [-0.15, -0.1) is 6.58 Å². The van der Waals surface area contributed by atoms with Crippen molar-refractivity contribution in [2.24, 2.45) is 0 Å². The van der Waals surface area contributed by atoms with Gasteiger partial charge in [-0.3, -0.25) is 0 Å². The van der Waals surface area contributed by atoms with Gasteiger partial charge in [-0.05, 0) is 18.6 Å². The van der Waals surface area contributed by atoms with E-state index in [-0.39, 0.29) is 0 Å². The van der Waals surface area contributed by atoms with Gasteiger partial charge in [-0.2, -0.15) is 5.26 Å². The minimum atomic E-state index is 0.454.